The molecule has 0 aromatic carbocycles. The fourth-order valence-corrected chi connectivity index (χ4v) is 3.47. The standard InChI is InChI=1S/C18H30O8P2.3Na/c1-5-13-24-15-18(4)11-7-9-16(2)8-6-10-17(3)12-14-25-28(22,23)26-27(19,20)21;;;/h1,8,11-12H,6-7,9-10,13-15H2,2-4H3,(H,22,23)(H2,19,20,21);;;/q;3*+1/p-3. The molecule has 0 amide bonds. The zero-order valence-corrected chi connectivity index (χ0v) is 27.2. The predicted octanol–water partition coefficient (Wildman–Crippen LogP) is -6.62. The molecular formula is C18H27Na3O8P2. The third-order valence-electron chi connectivity index (χ3n) is 3.44. The van der Waals surface area contributed by atoms with Crippen LogP contribution in [0.15, 0.2) is 34.9 Å². The summed E-state index contributed by atoms with van der Waals surface area (Å²) < 4.78 is 34.3. The van der Waals surface area contributed by atoms with Gasteiger partial charge in [0.1, 0.15) is 6.61 Å². The Bertz CT molecular complexity index is 711. The van der Waals surface area contributed by atoms with Crippen LogP contribution in [0.4, 0.5) is 0 Å². The number of hydrogen-bond acceptors (Lipinski definition) is 8. The van der Waals surface area contributed by atoms with Crippen LogP contribution < -0.4 is 103 Å². The molecule has 0 heterocycles. The molecule has 0 aliphatic heterocycles. The maximum Gasteiger partial charge on any atom is 1.00 e. The van der Waals surface area contributed by atoms with E-state index in [4.69, 9.17) is 11.2 Å². The van der Waals surface area contributed by atoms with E-state index in [0.717, 1.165) is 30.4 Å². The average Bonchev–Trinajstić information content (AvgIpc) is 2.52. The van der Waals surface area contributed by atoms with E-state index in [1.807, 2.05) is 13.8 Å². The van der Waals surface area contributed by atoms with Crippen molar-refractivity contribution in [3.05, 3.63) is 34.9 Å². The van der Waals surface area contributed by atoms with Crippen LogP contribution in [0.1, 0.15) is 46.5 Å². The summed E-state index contributed by atoms with van der Waals surface area (Å²) in [6.07, 6.45) is 14.1. The van der Waals surface area contributed by atoms with Crippen molar-refractivity contribution in [2.24, 2.45) is 0 Å². The first-order valence-electron chi connectivity index (χ1n) is 8.62. The van der Waals surface area contributed by atoms with Gasteiger partial charge >= 0.3 is 88.7 Å². The van der Waals surface area contributed by atoms with Crippen LogP contribution in [-0.2, 0) is 22.7 Å². The minimum atomic E-state index is -5.65. The quantitative estimate of drug-likeness (QED) is 0.0754. The summed E-state index contributed by atoms with van der Waals surface area (Å²) >= 11 is 0. The molecule has 13 heteroatoms. The number of rotatable bonds is 14. The third kappa shape index (κ3) is 28.1. The smallest absolute Gasteiger partial charge is 0.790 e. The molecule has 0 fully saturated rings. The number of phosphoric ester groups is 1. The summed E-state index contributed by atoms with van der Waals surface area (Å²) in [5.74, 6) is 2.42. The second-order valence-corrected chi connectivity index (χ2v) is 8.90. The summed E-state index contributed by atoms with van der Waals surface area (Å²) in [7, 11) is -10.8. The van der Waals surface area contributed by atoms with Gasteiger partial charge in [0.25, 0.3) is 7.82 Å². The second kappa shape index (κ2) is 22.5. The first kappa shape index (κ1) is 40.2. The van der Waals surface area contributed by atoms with Crippen LogP contribution in [0.5, 0.6) is 0 Å². The Labute approximate surface area is 252 Å². The molecule has 1 atom stereocenters. The first-order chi connectivity index (χ1) is 12.9. The number of ether oxygens (including phenoxy) is 1. The van der Waals surface area contributed by atoms with Gasteiger partial charge in [0, 0.05) is 0 Å². The molecule has 0 saturated carbocycles. The average molecular weight is 502 g/mol. The van der Waals surface area contributed by atoms with E-state index in [1.54, 1.807) is 6.92 Å². The minimum absolute atomic E-state index is 0. The van der Waals surface area contributed by atoms with Gasteiger partial charge in [-0.3, -0.25) is 8.88 Å². The number of phosphoric acid groups is 2. The van der Waals surface area contributed by atoms with E-state index < -0.39 is 22.3 Å². The van der Waals surface area contributed by atoms with Gasteiger partial charge in [-0.2, -0.15) is 0 Å². The van der Waals surface area contributed by atoms with E-state index in [1.165, 1.54) is 11.6 Å². The van der Waals surface area contributed by atoms with Crippen LogP contribution in [0.25, 0.3) is 0 Å². The second-order valence-electron chi connectivity index (χ2n) is 6.20. The van der Waals surface area contributed by atoms with Gasteiger partial charge in [0.2, 0.25) is 0 Å². The summed E-state index contributed by atoms with van der Waals surface area (Å²) in [5, 5.41) is 0. The Balaban J connectivity index is -0.00000121. The molecule has 0 saturated heterocycles. The summed E-state index contributed by atoms with van der Waals surface area (Å²) in [4.78, 5) is 31.7. The van der Waals surface area contributed by atoms with E-state index in [9.17, 15) is 23.8 Å². The third-order valence-corrected chi connectivity index (χ3v) is 5.51. The van der Waals surface area contributed by atoms with Crippen molar-refractivity contribution in [3.8, 4) is 12.3 Å². The molecule has 0 N–H and O–H groups in total. The van der Waals surface area contributed by atoms with Crippen LogP contribution in [0.3, 0.4) is 0 Å². The molecule has 0 rings (SSSR count). The van der Waals surface area contributed by atoms with Crippen molar-refractivity contribution in [3.63, 3.8) is 0 Å². The molecule has 0 aliphatic carbocycles. The molecule has 1 unspecified atom stereocenters. The number of terminal acetylenes is 1. The molecule has 0 aliphatic rings. The molecule has 0 aromatic heterocycles. The Morgan fingerprint density at radius 1 is 0.903 bits per heavy atom. The van der Waals surface area contributed by atoms with Gasteiger partial charge in [-0.15, -0.1) is 6.42 Å². The maximum atomic E-state index is 11.1. The van der Waals surface area contributed by atoms with Crippen LogP contribution in [0.2, 0.25) is 0 Å². The van der Waals surface area contributed by atoms with E-state index in [-0.39, 0.29) is 88.7 Å². The monoisotopic (exact) mass is 502 g/mol. The predicted molar refractivity (Wildman–Crippen MR) is 102 cm³/mol. The molecule has 8 nitrogen and oxygen atoms in total. The van der Waals surface area contributed by atoms with Gasteiger partial charge < -0.3 is 28.5 Å². The molecular weight excluding hydrogens is 475 g/mol. The fraction of sp³-hybridized carbons (Fsp3) is 0.556. The van der Waals surface area contributed by atoms with Crippen molar-refractivity contribution in [2.75, 3.05) is 19.8 Å². The minimum Gasteiger partial charge on any atom is -0.790 e. The van der Waals surface area contributed by atoms with Crippen molar-refractivity contribution in [1.82, 2.24) is 0 Å². The van der Waals surface area contributed by atoms with E-state index in [0.29, 0.717) is 19.6 Å². The number of allylic oxidation sites excluding steroid dienone is 4. The topological polar surface area (TPSA) is 131 Å². The van der Waals surface area contributed by atoms with Gasteiger partial charge in [0.05, 0.1) is 21.0 Å². The van der Waals surface area contributed by atoms with Crippen LogP contribution >= 0.6 is 15.6 Å². The fourth-order valence-electron chi connectivity index (χ4n) is 2.04. The first-order valence-corrected chi connectivity index (χ1v) is 11.5. The van der Waals surface area contributed by atoms with Gasteiger partial charge in [-0.05, 0) is 46.5 Å². The molecule has 0 spiro atoms. The zero-order valence-electron chi connectivity index (χ0n) is 19.4. The Morgan fingerprint density at radius 2 is 1.39 bits per heavy atom. The van der Waals surface area contributed by atoms with Crippen molar-refractivity contribution < 1.29 is 126 Å². The van der Waals surface area contributed by atoms with Crippen LogP contribution in [-0.4, -0.2) is 19.8 Å². The van der Waals surface area contributed by atoms with Gasteiger partial charge in [-0.1, -0.05) is 40.9 Å². The maximum absolute atomic E-state index is 11.1. The normalized spacial score (nSPS) is 14.4. The van der Waals surface area contributed by atoms with Crippen molar-refractivity contribution >= 4 is 15.6 Å². The van der Waals surface area contributed by atoms with Crippen molar-refractivity contribution in [1.29, 1.82) is 0 Å². The Hall–Kier alpha value is 2.00. The van der Waals surface area contributed by atoms with Crippen molar-refractivity contribution in [2.45, 2.75) is 46.5 Å². The van der Waals surface area contributed by atoms with E-state index >= 15 is 0 Å². The van der Waals surface area contributed by atoms with Crippen LogP contribution in [0, 0.1) is 12.3 Å². The summed E-state index contributed by atoms with van der Waals surface area (Å²) in [5.41, 5.74) is 3.22. The Kier molecular flexibility index (Phi) is 29.1. The molecule has 0 bridgehead atoms. The molecule has 31 heavy (non-hydrogen) atoms. The largest absolute Gasteiger partial charge is 1.00 e. The van der Waals surface area contributed by atoms with Gasteiger partial charge in [0.15, 0.2) is 0 Å². The van der Waals surface area contributed by atoms with E-state index in [2.05, 4.69) is 26.9 Å². The summed E-state index contributed by atoms with van der Waals surface area (Å²) in [6.45, 7) is 6.25. The van der Waals surface area contributed by atoms with Gasteiger partial charge in [-0.25, -0.2) is 0 Å². The SMILES string of the molecule is C#CCOCC(C)=CCCC(C)=CCCC(C)=CCOP(=O)([O-])OP(=O)([O-])[O-].[Na+].[Na+].[Na+]. The molecule has 0 aromatic rings. The molecule has 0 radical (unpaired) electrons. The number of hydrogen-bond donors (Lipinski definition) is 0. The Morgan fingerprint density at radius 3 is 1.87 bits per heavy atom. The summed E-state index contributed by atoms with van der Waals surface area (Å²) in [6, 6.07) is 0. The molecule has 160 valence electrons. The zero-order chi connectivity index (χ0) is 21.6.